The van der Waals surface area contributed by atoms with Crippen molar-refractivity contribution in [2.75, 3.05) is 19.6 Å². The molecule has 1 fully saturated rings. The number of nitrogens with one attached hydrogen (secondary N) is 1. The molecule has 106 valence electrons. The van der Waals surface area contributed by atoms with E-state index in [1.165, 1.54) is 43.5 Å². The van der Waals surface area contributed by atoms with E-state index in [4.69, 9.17) is 0 Å². The molecule has 1 aromatic carbocycles. The third-order valence-corrected chi connectivity index (χ3v) is 4.42. The van der Waals surface area contributed by atoms with E-state index in [2.05, 4.69) is 55.3 Å². The summed E-state index contributed by atoms with van der Waals surface area (Å²) in [5.41, 5.74) is 2.80. The standard InChI is InChI=1S/C17H28N2/c1-4-17-10-13-19(12-5-11-18-17)15(3)16-8-6-14(2)7-9-16/h6-9,15,17-18H,4-5,10-13H2,1-3H3. The van der Waals surface area contributed by atoms with E-state index in [1.807, 2.05) is 0 Å². The van der Waals surface area contributed by atoms with Gasteiger partial charge in [-0.3, -0.25) is 4.90 Å². The Morgan fingerprint density at radius 1 is 1.26 bits per heavy atom. The van der Waals surface area contributed by atoms with Crippen molar-refractivity contribution >= 4 is 0 Å². The lowest BCUT2D eigenvalue weighted by atomic mass is 10.0. The smallest absolute Gasteiger partial charge is 0.0319 e. The van der Waals surface area contributed by atoms with Crippen LogP contribution in [0.25, 0.3) is 0 Å². The normalized spacial score (nSPS) is 23.6. The third-order valence-electron chi connectivity index (χ3n) is 4.42. The van der Waals surface area contributed by atoms with Gasteiger partial charge in [-0.2, -0.15) is 0 Å². The van der Waals surface area contributed by atoms with Crippen molar-refractivity contribution in [1.82, 2.24) is 10.2 Å². The molecule has 0 spiro atoms. The summed E-state index contributed by atoms with van der Waals surface area (Å²) in [5, 5.41) is 3.65. The molecule has 0 aliphatic carbocycles. The lowest BCUT2D eigenvalue weighted by Gasteiger charge is -2.33. The molecule has 2 rings (SSSR count). The zero-order chi connectivity index (χ0) is 13.7. The number of aryl methyl sites for hydroxylation is 1. The van der Waals surface area contributed by atoms with Gasteiger partial charge < -0.3 is 5.32 Å². The Bertz CT molecular complexity index is 371. The van der Waals surface area contributed by atoms with E-state index in [0.717, 1.165) is 6.54 Å². The fourth-order valence-corrected chi connectivity index (χ4v) is 2.92. The third kappa shape index (κ3) is 4.05. The molecule has 0 saturated carbocycles. The van der Waals surface area contributed by atoms with Crippen molar-refractivity contribution in [1.29, 1.82) is 0 Å². The lowest BCUT2D eigenvalue weighted by molar-refractivity contribution is 0.181. The van der Waals surface area contributed by atoms with E-state index in [1.54, 1.807) is 0 Å². The second kappa shape index (κ2) is 7.06. The van der Waals surface area contributed by atoms with Crippen LogP contribution in [0.3, 0.4) is 0 Å². The molecule has 1 N–H and O–H groups in total. The summed E-state index contributed by atoms with van der Waals surface area (Å²) >= 11 is 0. The van der Waals surface area contributed by atoms with Crippen molar-refractivity contribution in [3.05, 3.63) is 35.4 Å². The summed E-state index contributed by atoms with van der Waals surface area (Å²) in [5.74, 6) is 0. The number of hydrogen-bond acceptors (Lipinski definition) is 2. The van der Waals surface area contributed by atoms with E-state index in [-0.39, 0.29) is 0 Å². The monoisotopic (exact) mass is 260 g/mol. The van der Waals surface area contributed by atoms with Gasteiger partial charge in [-0.25, -0.2) is 0 Å². The average molecular weight is 260 g/mol. The van der Waals surface area contributed by atoms with Crippen molar-refractivity contribution in [3.63, 3.8) is 0 Å². The number of benzene rings is 1. The molecule has 0 bridgehead atoms. The summed E-state index contributed by atoms with van der Waals surface area (Å²) in [6, 6.07) is 10.3. The summed E-state index contributed by atoms with van der Waals surface area (Å²) < 4.78 is 0. The topological polar surface area (TPSA) is 15.3 Å². The van der Waals surface area contributed by atoms with Gasteiger partial charge in [-0.15, -0.1) is 0 Å². The first kappa shape index (κ1) is 14.5. The average Bonchev–Trinajstić information content (AvgIpc) is 2.39. The SMILES string of the molecule is CCC1CCN(C(C)c2ccc(C)cc2)CCCN1. The molecular weight excluding hydrogens is 232 g/mol. The lowest BCUT2D eigenvalue weighted by Crippen LogP contribution is -2.40. The Hall–Kier alpha value is -0.860. The first-order valence-electron chi connectivity index (χ1n) is 7.74. The predicted octanol–water partition coefficient (Wildman–Crippen LogP) is 3.52. The summed E-state index contributed by atoms with van der Waals surface area (Å²) in [6.07, 6.45) is 3.77. The van der Waals surface area contributed by atoms with Gasteiger partial charge in [0.1, 0.15) is 0 Å². The van der Waals surface area contributed by atoms with Gasteiger partial charge >= 0.3 is 0 Å². The van der Waals surface area contributed by atoms with Crippen LogP contribution in [-0.2, 0) is 0 Å². The van der Waals surface area contributed by atoms with Gasteiger partial charge in [-0.1, -0.05) is 36.8 Å². The van der Waals surface area contributed by atoms with Crippen molar-refractivity contribution < 1.29 is 0 Å². The van der Waals surface area contributed by atoms with Crippen LogP contribution in [0.5, 0.6) is 0 Å². The van der Waals surface area contributed by atoms with Gasteiger partial charge in [0.2, 0.25) is 0 Å². The van der Waals surface area contributed by atoms with E-state index < -0.39 is 0 Å². The zero-order valence-corrected chi connectivity index (χ0v) is 12.7. The highest BCUT2D eigenvalue weighted by Crippen LogP contribution is 2.22. The molecule has 0 aromatic heterocycles. The molecule has 1 heterocycles. The molecular formula is C17H28N2. The molecule has 0 amide bonds. The second-order valence-electron chi connectivity index (χ2n) is 5.82. The zero-order valence-electron chi connectivity index (χ0n) is 12.7. The quantitative estimate of drug-likeness (QED) is 0.894. The first-order valence-corrected chi connectivity index (χ1v) is 7.74. The Morgan fingerprint density at radius 3 is 2.68 bits per heavy atom. The summed E-state index contributed by atoms with van der Waals surface area (Å²) in [7, 11) is 0. The number of nitrogens with zero attached hydrogens (tertiary/aromatic N) is 1. The molecule has 1 aliphatic heterocycles. The maximum atomic E-state index is 3.65. The molecule has 2 atom stereocenters. The van der Waals surface area contributed by atoms with Gasteiger partial charge in [0.25, 0.3) is 0 Å². The fourth-order valence-electron chi connectivity index (χ4n) is 2.92. The van der Waals surface area contributed by atoms with Crippen LogP contribution >= 0.6 is 0 Å². The maximum Gasteiger partial charge on any atom is 0.0319 e. The van der Waals surface area contributed by atoms with Crippen LogP contribution in [0.2, 0.25) is 0 Å². The molecule has 1 aromatic rings. The van der Waals surface area contributed by atoms with Gasteiger partial charge in [-0.05, 0) is 51.8 Å². The minimum Gasteiger partial charge on any atom is -0.314 e. The van der Waals surface area contributed by atoms with Crippen molar-refractivity contribution in [2.24, 2.45) is 0 Å². The van der Waals surface area contributed by atoms with Gasteiger partial charge in [0, 0.05) is 18.6 Å². The van der Waals surface area contributed by atoms with Crippen molar-refractivity contribution in [2.45, 2.75) is 52.1 Å². The predicted molar refractivity (Wildman–Crippen MR) is 82.5 cm³/mol. The minimum atomic E-state index is 0.538. The number of hydrogen-bond donors (Lipinski definition) is 1. The molecule has 1 aliphatic rings. The van der Waals surface area contributed by atoms with Crippen LogP contribution in [0, 0.1) is 6.92 Å². The van der Waals surface area contributed by atoms with Crippen LogP contribution < -0.4 is 5.32 Å². The molecule has 2 heteroatoms. The Kier molecular flexibility index (Phi) is 5.41. The highest BCUT2D eigenvalue weighted by atomic mass is 15.2. The molecule has 2 unspecified atom stereocenters. The van der Waals surface area contributed by atoms with E-state index >= 15 is 0 Å². The Labute approximate surface area is 118 Å². The highest BCUT2D eigenvalue weighted by Gasteiger charge is 2.19. The Morgan fingerprint density at radius 2 is 2.00 bits per heavy atom. The van der Waals surface area contributed by atoms with Gasteiger partial charge in [0.15, 0.2) is 0 Å². The van der Waals surface area contributed by atoms with Crippen LogP contribution in [-0.4, -0.2) is 30.6 Å². The van der Waals surface area contributed by atoms with Crippen molar-refractivity contribution in [3.8, 4) is 0 Å². The van der Waals surface area contributed by atoms with E-state index in [0.29, 0.717) is 12.1 Å². The fraction of sp³-hybridized carbons (Fsp3) is 0.647. The van der Waals surface area contributed by atoms with Crippen LogP contribution in [0.15, 0.2) is 24.3 Å². The summed E-state index contributed by atoms with van der Waals surface area (Å²) in [4.78, 5) is 2.65. The molecule has 19 heavy (non-hydrogen) atoms. The molecule has 2 nitrogen and oxygen atoms in total. The first-order chi connectivity index (χ1) is 9.20. The highest BCUT2D eigenvalue weighted by molar-refractivity contribution is 5.23. The number of rotatable bonds is 3. The van der Waals surface area contributed by atoms with E-state index in [9.17, 15) is 0 Å². The molecule has 1 saturated heterocycles. The summed E-state index contributed by atoms with van der Waals surface area (Å²) in [6.45, 7) is 10.4. The van der Waals surface area contributed by atoms with Crippen LogP contribution in [0.4, 0.5) is 0 Å². The Balaban J connectivity index is 2.00. The maximum absolute atomic E-state index is 3.65. The second-order valence-corrected chi connectivity index (χ2v) is 5.82. The van der Waals surface area contributed by atoms with Gasteiger partial charge in [0.05, 0.1) is 0 Å². The largest absolute Gasteiger partial charge is 0.314 e. The van der Waals surface area contributed by atoms with Crippen LogP contribution in [0.1, 0.15) is 50.3 Å². The molecule has 0 radical (unpaired) electrons. The minimum absolute atomic E-state index is 0.538.